The summed E-state index contributed by atoms with van der Waals surface area (Å²) in [5.41, 5.74) is 0.595. The zero-order valence-corrected chi connectivity index (χ0v) is 18.2. The molecule has 1 N–H and O–H groups in total. The van der Waals surface area contributed by atoms with E-state index in [4.69, 9.17) is 27.9 Å². The van der Waals surface area contributed by atoms with E-state index in [1.165, 1.54) is 37.4 Å². The van der Waals surface area contributed by atoms with E-state index in [0.717, 1.165) is 4.31 Å². The lowest BCUT2D eigenvalue weighted by Gasteiger charge is -2.25. The molecule has 0 aliphatic rings. The van der Waals surface area contributed by atoms with E-state index >= 15 is 0 Å². The number of methoxy groups -OCH3 is 1. The van der Waals surface area contributed by atoms with Crippen LogP contribution in [-0.4, -0.2) is 28.0 Å². The first-order valence-electron chi connectivity index (χ1n) is 8.78. The predicted molar refractivity (Wildman–Crippen MR) is 119 cm³/mol. The van der Waals surface area contributed by atoms with Gasteiger partial charge in [-0.25, -0.2) is 8.42 Å². The maximum atomic E-state index is 13.3. The number of amides is 1. The van der Waals surface area contributed by atoms with Gasteiger partial charge in [0.2, 0.25) is 5.91 Å². The van der Waals surface area contributed by atoms with Crippen LogP contribution in [-0.2, 0) is 14.8 Å². The van der Waals surface area contributed by atoms with E-state index in [0.29, 0.717) is 21.5 Å². The van der Waals surface area contributed by atoms with Crippen LogP contribution < -0.4 is 14.4 Å². The molecule has 0 radical (unpaired) electrons. The van der Waals surface area contributed by atoms with Crippen molar-refractivity contribution in [2.75, 3.05) is 23.3 Å². The second-order valence-corrected chi connectivity index (χ2v) is 8.94. The van der Waals surface area contributed by atoms with E-state index in [1.807, 2.05) is 0 Å². The molecule has 0 aromatic heterocycles. The minimum absolute atomic E-state index is 0.0505. The van der Waals surface area contributed by atoms with Gasteiger partial charge in [0.05, 0.1) is 17.7 Å². The molecule has 0 saturated heterocycles. The fraction of sp³-hybridized carbons (Fsp3) is 0.0952. The number of ether oxygens (including phenoxy) is 1. The summed E-state index contributed by atoms with van der Waals surface area (Å²) >= 11 is 11.9. The molecule has 3 aromatic rings. The molecule has 1 amide bonds. The average Bonchev–Trinajstić information content (AvgIpc) is 2.72. The fourth-order valence-corrected chi connectivity index (χ4v) is 4.79. The minimum atomic E-state index is -4.05. The zero-order valence-electron chi connectivity index (χ0n) is 15.9. The van der Waals surface area contributed by atoms with E-state index < -0.39 is 22.5 Å². The van der Waals surface area contributed by atoms with E-state index in [-0.39, 0.29) is 10.6 Å². The SMILES string of the molecule is COc1ccccc1N(CC(=O)Nc1cc(Cl)cc(Cl)c1)S(=O)(=O)c1ccccc1. The number of nitrogens with one attached hydrogen (secondary N) is 1. The molecule has 0 aliphatic heterocycles. The van der Waals surface area contributed by atoms with E-state index in [9.17, 15) is 13.2 Å². The van der Waals surface area contributed by atoms with Gasteiger partial charge in [-0.15, -0.1) is 0 Å². The smallest absolute Gasteiger partial charge is 0.264 e. The van der Waals surface area contributed by atoms with Crippen LogP contribution in [0.5, 0.6) is 5.75 Å². The van der Waals surface area contributed by atoms with Gasteiger partial charge >= 0.3 is 0 Å². The summed E-state index contributed by atoms with van der Waals surface area (Å²) in [5, 5.41) is 3.32. The van der Waals surface area contributed by atoms with Crippen molar-refractivity contribution in [3.05, 3.63) is 82.8 Å². The monoisotopic (exact) mass is 464 g/mol. The van der Waals surface area contributed by atoms with E-state index in [1.54, 1.807) is 42.5 Å². The molecule has 0 fully saturated rings. The molecule has 3 aromatic carbocycles. The van der Waals surface area contributed by atoms with Crippen LogP contribution in [0.25, 0.3) is 0 Å². The summed E-state index contributed by atoms with van der Waals surface area (Å²) in [7, 11) is -2.62. The van der Waals surface area contributed by atoms with Crippen molar-refractivity contribution >= 4 is 50.5 Å². The largest absolute Gasteiger partial charge is 0.495 e. The Morgan fingerprint density at radius 1 is 0.967 bits per heavy atom. The van der Waals surface area contributed by atoms with Gasteiger partial charge in [0.25, 0.3) is 10.0 Å². The van der Waals surface area contributed by atoms with Crippen LogP contribution >= 0.6 is 23.2 Å². The van der Waals surface area contributed by atoms with Crippen LogP contribution in [0.1, 0.15) is 0 Å². The van der Waals surface area contributed by atoms with Crippen molar-refractivity contribution in [2.24, 2.45) is 0 Å². The van der Waals surface area contributed by atoms with Gasteiger partial charge in [-0.05, 0) is 42.5 Å². The molecule has 0 unspecified atom stereocenters. The maximum absolute atomic E-state index is 13.3. The number of carbonyl (C=O) groups excluding carboxylic acids is 1. The molecule has 9 heteroatoms. The number of hydrogen-bond acceptors (Lipinski definition) is 4. The molecule has 30 heavy (non-hydrogen) atoms. The number of sulfonamides is 1. The van der Waals surface area contributed by atoms with Crippen LogP contribution in [0.4, 0.5) is 11.4 Å². The van der Waals surface area contributed by atoms with Crippen molar-refractivity contribution in [1.82, 2.24) is 0 Å². The number of rotatable bonds is 7. The maximum Gasteiger partial charge on any atom is 0.264 e. The lowest BCUT2D eigenvalue weighted by Crippen LogP contribution is -2.38. The number of benzene rings is 3. The molecular formula is C21H18Cl2N2O4S. The summed E-state index contributed by atoms with van der Waals surface area (Å²) in [6.45, 7) is -0.484. The van der Waals surface area contributed by atoms with Crippen LogP contribution in [0.2, 0.25) is 10.0 Å². The first-order chi connectivity index (χ1) is 14.3. The fourth-order valence-electron chi connectivity index (χ4n) is 2.81. The van der Waals surface area contributed by atoms with Crippen molar-refractivity contribution in [2.45, 2.75) is 4.90 Å². The first-order valence-corrected chi connectivity index (χ1v) is 11.0. The topological polar surface area (TPSA) is 75.7 Å². The molecule has 6 nitrogen and oxygen atoms in total. The highest BCUT2D eigenvalue weighted by molar-refractivity contribution is 7.92. The average molecular weight is 465 g/mol. The molecule has 0 aliphatic carbocycles. The third kappa shape index (κ3) is 5.05. The normalized spacial score (nSPS) is 11.0. The second kappa shape index (κ2) is 9.38. The molecule has 0 spiro atoms. The van der Waals surface area contributed by atoms with Gasteiger partial charge in [0, 0.05) is 15.7 Å². The number of para-hydroxylation sites is 2. The van der Waals surface area contributed by atoms with Gasteiger partial charge < -0.3 is 10.1 Å². The highest BCUT2D eigenvalue weighted by Gasteiger charge is 2.29. The number of nitrogens with zero attached hydrogens (tertiary/aromatic N) is 1. The lowest BCUT2D eigenvalue weighted by atomic mass is 10.3. The summed E-state index contributed by atoms with van der Waals surface area (Å²) < 4.78 is 33.0. The molecule has 0 heterocycles. The Balaban J connectivity index is 1.98. The number of carbonyl (C=O) groups is 1. The van der Waals surface area contributed by atoms with Crippen molar-refractivity contribution in [1.29, 1.82) is 0 Å². The van der Waals surface area contributed by atoms with Gasteiger partial charge in [0.15, 0.2) is 0 Å². The first kappa shape index (κ1) is 22.0. The van der Waals surface area contributed by atoms with Gasteiger partial charge in [-0.1, -0.05) is 53.5 Å². The Labute approximate surface area is 185 Å². The Bertz CT molecular complexity index is 1130. The molecule has 0 bridgehead atoms. The third-order valence-corrected chi connectivity index (χ3v) is 6.33. The lowest BCUT2D eigenvalue weighted by molar-refractivity contribution is -0.114. The molecule has 0 atom stereocenters. The standard InChI is InChI=1S/C21H18Cl2N2O4S/c1-29-20-10-6-5-9-19(20)25(30(27,28)18-7-3-2-4-8-18)14-21(26)24-17-12-15(22)11-16(23)13-17/h2-13H,14H2,1H3,(H,24,26). The van der Waals surface area contributed by atoms with Gasteiger partial charge in [-0.3, -0.25) is 9.10 Å². The summed E-state index contributed by atoms with van der Waals surface area (Å²) in [5.74, 6) is -0.255. The van der Waals surface area contributed by atoms with E-state index in [2.05, 4.69) is 5.32 Å². The third-order valence-electron chi connectivity index (χ3n) is 4.12. The Morgan fingerprint density at radius 3 is 2.20 bits per heavy atom. The van der Waals surface area contributed by atoms with Gasteiger partial charge in [0.1, 0.15) is 12.3 Å². The van der Waals surface area contributed by atoms with Crippen LogP contribution in [0, 0.1) is 0 Å². The van der Waals surface area contributed by atoms with Crippen molar-refractivity contribution < 1.29 is 17.9 Å². The quantitative estimate of drug-likeness (QED) is 0.542. The molecule has 3 rings (SSSR count). The van der Waals surface area contributed by atoms with Crippen LogP contribution in [0.3, 0.4) is 0 Å². The Kier molecular flexibility index (Phi) is 6.87. The molecular weight excluding hydrogens is 447 g/mol. The zero-order chi connectivity index (χ0) is 21.7. The molecule has 0 saturated carbocycles. The van der Waals surface area contributed by atoms with Crippen LogP contribution in [0.15, 0.2) is 77.7 Å². The predicted octanol–water partition coefficient (Wildman–Crippen LogP) is 4.84. The summed E-state index contributed by atoms with van der Waals surface area (Å²) in [6, 6.07) is 19.0. The minimum Gasteiger partial charge on any atom is -0.495 e. The van der Waals surface area contributed by atoms with Crippen molar-refractivity contribution in [3.8, 4) is 5.75 Å². The highest BCUT2D eigenvalue weighted by atomic mass is 35.5. The number of anilines is 2. The summed E-state index contributed by atoms with van der Waals surface area (Å²) in [6.07, 6.45) is 0. The Hall–Kier alpha value is -2.74. The van der Waals surface area contributed by atoms with Gasteiger partial charge in [-0.2, -0.15) is 0 Å². The molecule has 156 valence electrons. The highest BCUT2D eigenvalue weighted by Crippen LogP contribution is 2.32. The van der Waals surface area contributed by atoms with Crippen molar-refractivity contribution in [3.63, 3.8) is 0 Å². The summed E-state index contributed by atoms with van der Waals surface area (Å²) in [4.78, 5) is 12.8. The second-order valence-electron chi connectivity index (χ2n) is 6.20. The number of halogens is 2. The Morgan fingerprint density at radius 2 is 1.57 bits per heavy atom. The number of hydrogen-bond donors (Lipinski definition) is 1.